The van der Waals surface area contributed by atoms with Crippen molar-refractivity contribution < 1.29 is 22.7 Å². The molecule has 134 valence electrons. The summed E-state index contributed by atoms with van der Waals surface area (Å²) in [6.45, 7) is 1.39. The van der Waals surface area contributed by atoms with E-state index in [1.807, 2.05) is 0 Å². The molecule has 2 rings (SSSR count). The van der Waals surface area contributed by atoms with E-state index in [1.165, 1.54) is 0 Å². The van der Waals surface area contributed by atoms with E-state index in [0.717, 1.165) is 6.26 Å². The first kappa shape index (κ1) is 18.7. The van der Waals surface area contributed by atoms with Crippen molar-refractivity contribution in [3.63, 3.8) is 0 Å². The van der Waals surface area contributed by atoms with Gasteiger partial charge in [0.05, 0.1) is 11.2 Å². The van der Waals surface area contributed by atoms with Crippen molar-refractivity contribution in [2.75, 3.05) is 43.7 Å². The summed E-state index contributed by atoms with van der Waals surface area (Å²) in [6, 6.07) is 6.88. The number of carbonyl (C=O) groups is 1. The van der Waals surface area contributed by atoms with Crippen molar-refractivity contribution in [3.05, 3.63) is 24.3 Å². The predicted octanol–water partition coefficient (Wildman–Crippen LogP) is 0.804. The maximum absolute atomic E-state index is 12.6. The number of hydrogen-bond acceptors (Lipinski definition) is 6. The lowest BCUT2D eigenvalue weighted by Crippen LogP contribution is -2.46. The molecule has 1 aromatic carbocycles. The average molecular weight is 356 g/mol. The van der Waals surface area contributed by atoms with Crippen LogP contribution in [-0.2, 0) is 19.4 Å². The van der Waals surface area contributed by atoms with Crippen LogP contribution < -0.4 is 15.8 Å². The van der Waals surface area contributed by atoms with Gasteiger partial charge in [-0.2, -0.15) is 0 Å². The molecule has 7 nitrogen and oxygen atoms in total. The molecule has 3 N–H and O–H groups in total. The molecule has 1 saturated heterocycles. The summed E-state index contributed by atoms with van der Waals surface area (Å²) in [5.74, 6) is 0.326. The lowest BCUT2D eigenvalue weighted by atomic mass is 9.79. The number of carbonyl (C=O) groups excluding carboxylic acids is 1. The van der Waals surface area contributed by atoms with E-state index >= 15 is 0 Å². The Hall–Kier alpha value is -1.64. The zero-order chi connectivity index (χ0) is 17.6. The van der Waals surface area contributed by atoms with Gasteiger partial charge in [0.15, 0.2) is 9.84 Å². The second-order valence-corrected chi connectivity index (χ2v) is 8.32. The highest BCUT2D eigenvalue weighted by Crippen LogP contribution is 2.31. The van der Waals surface area contributed by atoms with Gasteiger partial charge in [-0.25, -0.2) is 8.42 Å². The summed E-state index contributed by atoms with van der Waals surface area (Å²) < 4.78 is 33.0. The SMILES string of the molecule is CS(=O)(=O)CCOc1cccc(NC(=O)C2(CN)CCOCC2)c1. The van der Waals surface area contributed by atoms with Crippen molar-refractivity contribution >= 4 is 21.4 Å². The molecule has 1 heterocycles. The molecule has 0 unspecified atom stereocenters. The van der Waals surface area contributed by atoms with Crippen LogP contribution in [0.25, 0.3) is 0 Å². The molecular weight excluding hydrogens is 332 g/mol. The number of rotatable bonds is 7. The maximum Gasteiger partial charge on any atom is 0.232 e. The summed E-state index contributed by atoms with van der Waals surface area (Å²) in [7, 11) is -3.07. The summed E-state index contributed by atoms with van der Waals surface area (Å²) in [4.78, 5) is 12.6. The van der Waals surface area contributed by atoms with Gasteiger partial charge in [-0.15, -0.1) is 0 Å². The average Bonchev–Trinajstić information content (AvgIpc) is 2.54. The van der Waals surface area contributed by atoms with E-state index in [1.54, 1.807) is 24.3 Å². The van der Waals surface area contributed by atoms with Gasteiger partial charge in [0.25, 0.3) is 0 Å². The second-order valence-electron chi connectivity index (χ2n) is 6.06. The molecule has 0 bridgehead atoms. The van der Waals surface area contributed by atoms with E-state index < -0.39 is 15.3 Å². The Morgan fingerprint density at radius 3 is 2.71 bits per heavy atom. The normalized spacial score (nSPS) is 17.2. The Balaban J connectivity index is 1.99. The van der Waals surface area contributed by atoms with Gasteiger partial charge < -0.3 is 20.5 Å². The number of benzene rings is 1. The topological polar surface area (TPSA) is 108 Å². The number of anilines is 1. The number of amides is 1. The fourth-order valence-electron chi connectivity index (χ4n) is 2.52. The van der Waals surface area contributed by atoms with Gasteiger partial charge >= 0.3 is 0 Å². The number of ether oxygens (including phenoxy) is 2. The van der Waals surface area contributed by atoms with Crippen LogP contribution in [0.5, 0.6) is 5.75 Å². The van der Waals surface area contributed by atoms with Crippen LogP contribution in [0.4, 0.5) is 5.69 Å². The van der Waals surface area contributed by atoms with E-state index in [2.05, 4.69) is 5.32 Å². The third-order valence-corrected chi connectivity index (χ3v) is 5.05. The molecule has 1 aromatic rings. The van der Waals surface area contributed by atoms with Crippen LogP contribution in [0.15, 0.2) is 24.3 Å². The Bertz CT molecular complexity index is 669. The molecule has 0 spiro atoms. The standard InChI is InChI=1S/C16H24N2O5S/c1-24(20,21)10-9-23-14-4-2-3-13(11-14)18-15(19)16(12-17)5-7-22-8-6-16/h2-4,11H,5-10,12,17H2,1H3,(H,18,19). The summed E-state index contributed by atoms with van der Waals surface area (Å²) in [5, 5.41) is 2.88. The fraction of sp³-hybridized carbons (Fsp3) is 0.562. The molecular formula is C16H24N2O5S. The third-order valence-electron chi connectivity index (χ3n) is 4.14. The minimum absolute atomic E-state index is 0.0557. The van der Waals surface area contributed by atoms with Gasteiger partial charge in [0.2, 0.25) is 5.91 Å². The van der Waals surface area contributed by atoms with Crippen LogP contribution in [0, 0.1) is 5.41 Å². The molecule has 1 fully saturated rings. The fourth-order valence-corrected chi connectivity index (χ4v) is 2.91. The first-order valence-electron chi connectivity index (χ1n) is 7.84. The lowest BCUT2D eigenvalue weighted by molar-refractivity contribution is -0.130. The zero-order valence-corrected chi connectivity index (χ0v) is 14.6. The van der Waals surface area contributed by atoms with Crippen LogP contribution >= 0.6 is 0 Å². The minimum Gasteiger partial charge on any atom is -0.492 e. The van der Waals surface area contributed by atoms with Crippen molar-refractivity contribution in [2.45, 2.75) is 12.8 Å². The first-order chi connectivity index (χ1) is 11.3. The van der Waals surface area contributed by atoms with Crippen molar-refractivity contribution in [1.82, 2.24) is 0 Å². The van der Waals surface area contributed by atoms with Gasteiger partial charge in [0.1, 0.15) is 12.4 Å². The smallest absolute Gasteiger partial charge is 0.232 e. The number of sulfone groups is 1. The first-order valence-corrected chi connectivity index (χ1v) is 9.91. The van der Waals surface area contributed by atoms with Crippen molar-refractivity contribution in [3.8, 4) is 5.75 Å². The molecule has 1 amide bonds. The predicted molar refractivity (Wildman–Crippen MR) is 91.8 cm³/mol. The maximum atomic E-state index is 12.6. The van der Waals surface area contributed by atoms with E-state index in [4.69, 9.17) is 15.2 Å². The molecule has 0 atom stereocenters. The Morgan fingerprint density at radius 2 is 2.08 bits per heavy atom. The van der Waals surface area contributed by atoms with Gasteiger partial charge in [-0.1, -0.05) is 6.07 Å². The molecule has 0 saturated carbocycles. The number of nitrogens with two attached hydrogens (primary N) is 1. The summed E-state index contributed by atoms with van der Waals surface area (Å²) in [5.41, 5.74) is 5.82. The Labute approximate surface area is 142 Å². The molecule has 0 aliphatic carbocycles. The van der Waals surface area contributed by atoms with Gasteiger partial charge in [-0.3, -0.25) is 4.79 Å². The molecule has 0 radical (unpaired) electrons. The van der Waals surface area contributed by atoms with Gasteiger partial charge in [0, 0.05) is 37.8 Å². The second kappa shape index (κ2) is 7.96. The Kier molecular flexibility index (Phi) is 6.20. The van der Waals surface area contributed by atoms with E-state index in [0.29, 0.717) is 37.5 Å². The number of nitrogens with one attached hydrogen (secondary N) is 1. The molecule has 0 aromatic heterocycles. The molecule has 1 aliphatic rings. The third kappa shape index (κ3) is 5.19. The van der Waals surface area contributed by atoms with E-state index in [-0.39, 0.29) is 24.8 Å². The molecule has 8 heteroatoms. The number of hydrogen-bond donors (Lipinski definition) is 2. The van der Waals surface area contributed by atoms with Crippen LogP contribution in [0.3, 0.4) is 0 Å². The monoisotopic (exact) mass is 356 g/mol. The Morgan fingerprint density at radius 1 is 1.38 bits per heavy atom. The van der Waals surface area contributed by atoms with Crippen LogP contribution in [0.1, 0.15) is 12.8 Å². The highest BCUT2D eigenvalue weighted by Gasteiger charge is 2.38. The lowest BCUT2D eigenvalue weighted by Gasteiger charge is -2.34. The van der Waals surface area contributed by atoms with Gasteiger partial charge in [-0.05, 0) is 25.0 Å². The highest BCUT2D eigenvalue weighted by molar-refractivity contribution is 7.90. The summed E-state index contributed by atoms with van der Waals surface area (Å²) in [6.07, 6.45) is 2.35. The summed E-state index contributed by atoms with van der Waals surface area (Å²) >= 11 is 0. The quantitative estimate of drug-likeness (QED) is 0.748. The largest absolute Gasteiger partial charge is 0.492 e. The zero-order valence-electron chi connectivity index (χ0n) is 13.8. The molecule has 24 heavy (non-hydrogen) atoms. The molecule has 1 aliphatic heterocycles. The minimum atomic E-state index is -3.07. The van der Waals surface area contributed by atoms with Crippen molar-refractivity contribution in [2.24, 2.45) is 11.1 Å². The highest BCUT2D eigenvalue weighted by atomic mass is 32.2. The van der Waals surface area contributed by atoms with Crippen LogP contribution in [-0.4, -0.2) is 52.7 Å². The van der Waals surface area contributed by atoms with E-state index in [9.17, 15) is 13.2 Å². The van der Waals surface area contributed by atoms with Crippen molar-refractivity contribution in [1.29, 1.82) is 0 Å². The van der Waals surface area contributed by atoms with Crippen LogP contribution in [0.2, 0.25) is 0 Å².